The summed E-state index contributed by atoms with van der Waals surface area (Å²) in [4.78, 5) is 2.27. The second kappa shape index (κ2) is 6.99. The first-order valence-corrected chi connectivity index (χ1v) is 8.28. The number of hydrogen-bond donors (Lipinski definition) is 2. The van der Waals surface area contributed by atoms with Gasteiger partial charge in [0.15, 0.2) is 0 Å². The number of nitrogens with one attached hydrogen (secondary N) is 2. The molecule has 2 N–H and O–H groups in total. The average molecular weight is 338 g/mol. The summed E-state index contributed by atoms with van der Waals surface area (Å²) in [6.07, 6.45) is 0. The summed E-state index contributed by atoms with van der Waals surface area (Å²) in [5.41, 5.74) is 0.390. The van der Waals surface area contributed by atoms with Crippen LogP contribution in [0.2, 0.25) is 5.02 Å². The molecule has 0 radical (unpaired) electrons. The van der Waals surface area contributed by atoms with Crippen LogP contribution in [0.1, 0.15) is 5.56 Å². The number of sulfonamides is 1. The monoisotopic (exact) mass is 337 g/mol. The van der Waals surface area contributed by atoms with Gasteiger partial charge in [0.05, 0.1) is 23.1 Å². The first-order chi connectivity index (χ1) is 9.94. The molecule has 0 bridgehead atoms. The lowest BCUT2D eigenvalue weighted by molar-refractivity contribution is 0.0272. The van der Waals surface area contributed by atoms with Gasteiger partial charge in [-0.15, -0.1) is 4.83 Å². The van der Waals surface area contributed by atoms with Crippen molar-refractivity contribution in [2.24, 2.45) is 0 Å². The molecule has 0 unspecified atom stereocenters. The van der Waals surface area contributed by atoms with Gasteiger partial charge in [-0.1, -0.05) is 11.6 Å². The maximum atomic E-state index is 13.8. The zero-order valence-corrected chi connectivity index (χ0v) is 13.1. The van der Waals surface area contributed by atoms with Gasteiger partial charge in [-0.25, -0.2) is 17.8 Å². The second-order valence-corrected chi connectivity index (χ2v) is 6.64. The average Bonchev–Trinajstić information content (AvgIpc) is 2.44. The van der Waals surface area contributed by atoms with Crippen molar-refractivity contribution in [2.45, 2.75) is 11.4 Å². The van der Waals surface area contributed by atoms with Crippen LogP contribution in [-0.2, 0) is 21.3 Å². The zero-order valence-electron chi connectivity index (χ0n) is 11.5. The highest BCUT2D eigenvalue weighted by molar-refractivity contribution is 7.89. The van der Waals surface area contributed by atoms with Crippen LogP contribution in [-0.4, -0.2) is 46.8 Å². The van der Waals surface area contributed by atoms with Crippen molar-refractivity contribution in [3.8, 4) is 0 Å². The summed E-state index contributed by atoms with van der Waals surface area (Å²) in [6, 6.07) is 2.29. The van der Waals surface area contributed by atoms with Crippen LogP contribution in [0.3, 0.4) is 0 Å². The van der Waals surface area contributed by atoms with E-state index in [4.69, 9.17) is 16.3 Å². The Labute approximate surface area is 128 Å². The summed E-state index contributed by atoms with van der Waals surface area (Å²) >= 11 is 5.83. The standard InChI is InChI=1S/C12H17ClFN3O3S/c1-15-8-9-6-10(7-11(14)12(9)13)21(18,19)16-17-2-4-20-5-3-17/h6-7,15-16H,2-5,8H2,1H3. The number of benzene rings is 1. The summed E-state index contributed by atoms with van der Waals surface area (Å²) < 4.78 is 43.5. The van der Waals surface area contributed by atoms with Crippen LogP contribution >= 0.6 is 11.6 Å². The van der Waals surface area contributed by atoms with Crippen LogP contribution in [0.15, 0.2) is 17.0 Å². The molecule has 9 heteroatoms. The minimum absolute atomic E-state index is 0.0744. The molecule has 0 spiro atoms. The Balaban J connectivity index is 2.26. The Bertz CT molecular complexity index is 606. The first kappa shape index (κ1) is 16.6. The fourth-order valence-corrected chi connectivity index (χ4v) is 3.33. The van der Waals surface area contributed by atoms with Crippen molar-refractivity contribution in [3.63, 3.8) is 0 Å². The largest absolute Gasteiger partial charge is 0.379 e. The molecule has 0 saturated carbocycles. The molecule has 21 heavy (non-hydrogen) atoms. The molecule has 0 atom stereocenters. The molecule has 118 valence electrons. The van der Waals surface area contributed by atoms with E-state index in [0.29, 0.717) is 31.9 Å². The molecular weight excluding hydrogens is 321 g/mol. The molecule has 1 fully saturated rings. The van der Waals surface area contributed by atoms with E-state index in [-0.39, 0.29) is 16.5 Å². The van der Waals surface area contributed by atoms with E-state index < -0.39 is 15.8 Å². The van der Waals surface area contributed by atoms with Crippen LogP contribution < -0.4 is 10.1 Å². The smallest absolute Gasteiger partial charge is 0.253 e. The van der Waals surface area contributed by atoms with Crippen LogP contribution in [0.4, 0.5) is 4.39 Å². The molecule has 1 aromatic rings. The van der Waals surface area contributed by atoms with E-state index in [1.54, 1.807) is 7.05 Å². The van der Waals surface area contributed by atoms with E-state index in [2.05, 4.69) is 10.1 Å². The van der Waals surface area contributed by atoms with Crippen molar-refractivity contribution in [1.82, 2.24) is 15.2 Å². The highest BCUT2D eigenvalue weighted by atomic mass is 35.5. The normalized spacial score (nSPS) is 17.1. The van der Waals surface area contributed by atoms with Gasteiger partial charge in [0.1, 0.15) is 5.82 Å². The molecule has 2 rings (SSSR count). The number of ether oxygens (including phenoxy) is 1. The van der Waals surface area contributed by atoms with Gasteiger partial charge in [-0.2, -0.15) is 0 Å². The van der Waals surface area contributed by atoms with Crippen LogP contribution in [0, 0.1) is 5.82 Å². The van der Waals surface area contributed by atoms with Gasteiger partial charge in [0.2, 0.25) is 0 Å². The molecule has 1 aliphatic heterocycles. The quantitative estimate of drug-likeness (QED) is 0.828. The van der Waals surface area contributed by atoms with Gasteiger partial charge in [0, 0.05) is 19.6 Å². The summed E-state index contributed by atoms with van der Waals surface area (Å²) in [6.45, 7) is 2.05. The van der Waals surface area contributed by atoms with Crippen LogP contribution in [0.25, 0.3) is 0 Å². The van der Waals surface area contributed by atoms with Crippen molar-refractivity contribution >= 4 is 21.6 Å². The Morgan fingerprint density at radius 3 is 2.67 bits per heavy atom. The number of hydrogen-bond acceptors (Lipinski definition) is 5. The van der Waals surface area contributed by atoms with Gasteiger partial charge < -0.3 is 10.1 Å². The Hall–Kier alpha value is -0.770. The number of hydrazine groups is 1. The molecule has 0 amide bonds. The Kier molecular flexibility index (Phi) is 5.53. The summed E-state index contributed by atoms with van der Waals surface area (Å²) in [5, 5.41) is 4.28. The molecule has 0 aliphatic carbocycles. The van der Waals surface area contributed by atoms with Crippen molar-refractivity contribution in [2.75, 3.05) is 33.4 Å². The second-order valence-electron chi connectivity index (χ2n) is 4.60. The zero-order chi connectivity index (χ0) is 15.5. The van der Waals surface area contributed by atoms with E-state index in [1.807, 2.05) is 0 Å². The van der Waals surface area contributed by atoms with Gasteiger partial charge in [-0.3, -0.25) is 0 Å². The highest BCUT2D eigenvalue weighted by Crippen LogP contribution is 2.24. The molecule has 1 aliphatic rings. The number of rotatable bonds is 5. The Morgan fingerprint density at radius 1 is 1.38 bits per heavy atom. The van der Waals surface area contributed by atoms with Gasteiger partial charge in [0.25, 0.3) is 10.0 Å². The molecule has 0 aromatic heterocycles. The third-order valence-corrected chi connectivity index (χ3v) is 4.79. The topological polar surface area (TPSA) is 70.7 Å². The third kappa shape index (κ3) is 4.12. The minimum Gasteiger partial charge on any atom is -0.379 e. The van der Waals surface area contributed by atoms with Crippen molar-refractivity contribution < 1.29 is 17.5 Å². The van der Waals surface area contributed by atoms with E-state index in [9.17, 15) is 12.8 Å². The highest BCUT2D eigenvalue weighted by Gasteiger charge is 2.22. The van der Waals surface area contributed by atoms with E-state index >= 15 is 0 Å². The van der Waals surface area contributed by atoms with Gasteiger partial charge >= 0.3 is 0 Å². The summed E-state index contributed by atoms with van der Waals surface area (Å²) in [5.74, 6) is -0.758. The van der Waals surface area contributed by atoms with Crippen molar-refractivity contribution in [1.29, 1.82) is 0 Å². The maximum Gasteiger partial charge on any atom is 0.253 e. The lowest BCUT2D eigenvalue weighted by Crippen LogP contribution is -2.48. The predicted molar refractivity (Wildman–Crippen MR) is 76.9 cm³/mol. The minimum atomic E-state index is -3.85. The number of nitrogens with zero attached hydrogens (tertiary/aromatic N) is 1. The van der Waals surface area contributed by atoms with Crippen molar-refractivity contribution in [3.05, 3.63) is 28.5 Å². The summed E-state index contributed by atoms with van der Waals surface area (Å²) in [7, 11) is -2.18. The van der Waals surface area contributed by atoms with Crippen LogP contribution in [0.5, 0.6) is 0 Å². The van der Waals surface area contributed by atoms with Gasteiger partial charge in [-0.05, 0) is 24.7 Å². The molecule has 1 heterocycles. The maximum absolute atomic E-state index is 13.8. The number of halogens is 2. The third-order valence-electron chi connectivity index (χ3n) is 3.01. The molecule has 6 nitrogen and oxygen atoms in total. The fraction of sp³-hybridized carbons (Fsp3) is 0.500. The lowest BCUT2D eigenvalue weighted by atomic mass is 10.2. The Morgan fingerprint density at radius 2 is 2.05 bits per heavy atom. The predicted octanol–water partition coefficient (Wildman–Crippen LogP) is 0.724. The fourth-order valence-electron chi connectivity index (χ4n) is 1.97. The lowest BCUT2D eigenvalue weighted by Gasteiger charge is -2.26. The van der Waals surface area contributed by atoms with E-state index in [0.717, 1.165) is 6.07 Å². The molecule has 1 aromatic carbocycles. The first-order valence-electron chi connectivity index (χ1n) is 6.41. The number of morpholine rings is 1. The SMILES string of the molecule is CNCc1cc(S(=O)(=O)NN2CCOCC2)cc(F)c1Cl. The molecule has 1 saturated heterocycles. The van der Waals surface area contributed by atoms with E-state index in [1.165, 1.54) is 11.1 Å². The molecular formula is C12H17ClFN3O3S.